The van der Waals surface area contributed by atoms with E-state index in [9.17, 15) is 9.59 Å². The van der Waals surface area contributed by atoms with E-state index in [0.29, 0.717) is 37.7 Å². The molecule has 1 atom stereocenters. The minimum atomic E-state index is -0.589. The number of nitrogens with zero attached hydrogens (tertiary/aromatic N) is 1. The molecule has 0 aromatic heterocycles. The molecule has 1 aromatic rings. The van der Waals surface area contributed by atoms with E-state index in [1.54, 1.807) is 23.7 Å². The summed E-state index contributed by atoms with van der Waals surface area (Å²) in [5, 5.41) is 8.76. The van der Waals surface area contributed by atoms with Gasteiger partial charge < -0.3 is 14.4 Å². The molecule has 1 aromatic carbocycles. The van der Waals surface area contributed by atoms with E-state index in [1.165, 1.54) is 0 Å². The number of hydrogen-bond acceptors (Lipinski definition) is 5. The van der Waals surface area contributed by atoms with Crippen LogP contribution in [0.25, 0.3) is 0 Å². The van der Waals surface area contributed by atoms with Crippen LogP contribution in [0.5, 0.6) is 5.75 Å². The van der Waals surface area contributed by atoms with Gasteiger partial charge in [-0.1, -0.05) is 6.07 Å². The van der Waals surface area contributed by atoms with Crippen molar-refractivity contribution in [1.29, 1.82) is 0 Å². The number of ether oxygens (including phenoxy) is 2. The maximum atomic E-state index is 12.9. The summed E-state index contributed by atoms with van der Waals surface area (Å²) in [5.74, 6) is 0.126. The fourth-order valence-electron chi connectivity index (χ4n) is 3.31. The predicted molar refractivity (Wildman–Crippen MR) is 84.9 cm³/mol. The van der Waals surface area contributed by atoms with Crippen LogP contribution in [0, 0.1) is 5.92 Å². The Kier molecular flexibility index (Phi) is 5.01. The fraction of sp³-hybridized carbons (Fsp3) is 0.529. The molecular formula is C17H22N2O5. The zero-order valence-corrected chi connectivity index (χ0v) is 13.7. The highest BCUT2D eigenvalue weighted by molar-refractivity contribution is 5.94. The highest BCUT2D eigenvalue weighted by Gasteiger charge is 2.32. The number of amides is 2. The van der Waals surface area contributed by atoms with Gasteiger partial charge in [0.2, 0.25) is 5.91 Å². The zero-order valence-electron chi connectivity index (χ0n) is 13.7. The smallest absolute Gasteiger partial charge is 0.274 e. The third-order valence-electron chi connectivity index (χ3n) is 4.74. The quantitative estimate of drug-likeness (QED) is 0.632. The van der Waals surface area contributed by atoms with Crippen LogP contribution >= 0.6 is 0 Å². The van der Waals surface area contributed by atoms with E-state index in [2.05, 4.69) is 0 Å². The lowest BCUT2D eigenvalue weighted by molar-refractivity contribution is -0.140. The second-order valence-corrected chi connectivity index (χ2v) is 6.14. The second-order valence-electron chi connectivity index (χ2n) is 6.14. The van der Waals surface area contributed by atoms with Crippen LogP contribution in [0.4, 0.5) is 0 Å². The standard InChI is InChI=1S/C17H22N2O5/c1-11-14-3-2-13(16(20)18-22)10-15(14)24-9-6-19(11)17(21)12-4-7-23-8-5-12/h2-3,10-12,22H,4-9H2,1H3,(H,18,20)/t11-/m0/s1. The first-order valence-electron chi connectivity index (χ1n) is 8.21. The Balaban J connectivity index is 1.83. The van der Waals surface area contributed by atoms with Gasteiger partial charge in [-0.2, -0.15) is 0 Å². The van der Waals surface area contributed by atoms with Gasteiger partial charge in [0.05, 0.1) is 12.6 Å². The number of benzene rings is 1. The molecule has 0 spiro atoms. The summed E-state index contributed by atoms with van der Waals surface area (Å²) < 4.78 is 11.1. The van der Waals surface area contributed by atoms with Gasteiger partial charge in [-0.05, 0) is 31.9 Å². The lowest BCUT2D eigenvalue weighted by Gasteiger charge is -2.32. The van der Waals surface area contributed by atoms with Crippen molar-refractivity contribution in [3.63, 3.8) is 0 Å². The summed E-state index contributed by atoms with van der Waals surface area (Å²) in [6, 6.07) is 4.86. The molecule has 2 heterocycles. The number of nitrogens with one attached hydrogen (secondary N) is 1. The van der Waals surface area contributed by atoms with E-state index in [0.717, 1.165) is 18.4 Å². The second kappa shape index (κ2) is 7.19. The molecule has 7 nitrogen and oxygen atoms in total. The van der Waals surface area contributed by atoms with Crippen LogP contribution in [0.2, 0.25) is 0 Å². The third-order valence-corrected chi connectivity index (χ3v) is 4.74. The van der Waals surface area contributed by atoms with Gasteiger partial charge >= 0.3 is 0 Å². The molecule has 1 fully saturated rings. The molecule has 2 amide bonds. The molecule has 0 bridgehead atoms. The van der Waals surface area contributed by atoms with Crippen molar-refractivity contribution in [2.45, 2.75) is 25.8 Å². The molecule has 2 N–H and O–H groups in total. The van der Waals surface area contributed by atoms with Gasteiger partial charge in [-0.3, -0.25) is 14.8 Å². The maximum absolute atomic E-state index is 12.9. The topological polar surface area (TPSA) is 88.1 Å². The monoisotopic (exact) mass is 334 g/mol. The number of rotatable bonds is 2. The molecule has 0 unspecified atom stereocenters. The summed E-state index contributed by atoms with van der Waals surface area (Å²) in [6.45, 7) is 4.11. The van der Waals surface area contributed by atoms with Crippen LogP contribution in [-0.2, 0) is 9.53 Å². The number of fused-ring (bicyclic) bond motifs is 1. The lowest BCUT2D eigenvalue weighted by atomic mass is 9.96. The van der Waals surface area contributed by atoms with E-state index in [-0.39, 0.29) is 17.9 Å². The van der Waals surface area contributed by atoms with Gasteiger partial charge in [0.25, 0.3) is 5.91 Å². The molecular weight excluding hydrogens is 312 g/mol. The average molecular weight is 334 g/mol. The Labute approximate surface area is 140 Å². The van der Waals surface area contributed by atoms with Crippen LogP contribution in [0.1, 0.15) is 41.7 Å². The first-order chi connectivity index (χ1) is 11.6. The SMILES string of the molecule is C[C@H]1c2ccc(C(=O)NO)cc2OCCN1C(=O)C1CCOCC1. The normalized spacial score (nSPS) is 21.4. The van der Waals surface area contributed by atoms with Crippen molar-refractivity contribution in [3.8, 4) is 5.75 Å². The molecule has 3 rings (SSSR count). The van der Waals surface area contributed by atoms with E-state index in [4.69, 9.17) is 14.7 Å². The van der Waals surface area contributed by atoms with Gasteiger partial charge in [-0.15, -0.1) is 0 Å². The third kappa shape index (κ3) is 3.22. The van der Waals surface area contributed by atoms with Crippen molar-refractivity contribution in [3.05, 3.63) is 29.3 Å². The lowest BCUT2D eigenvalue weighted by Crippen LogP contribution is -2.41. The van der Waals surface area contributed by atoms with Gasteiger partial charge in [0, 0.05) is 30.3 Å². The highest BCUT2D eigenvalue weighted by Crippen LogP contribution is 2.34. The van der Waals surface area contributed by atoms with Crippen molar-refractivity contribution in [2.75, 3.05) is 26.4 Å². The molecule has 2 aliphatic rings. The Bertz CT molecular complexity index is 627. The predicted octanol–water partition coefficient (Wildman–Crippen LogP) is 1.51. The number of hydrogen-bond donors (Lipinski definition) is 2. The Morgan fingerprint density at radius 1 is 1.25 bits per heavy atom. The largest absolute Gasteiger partial charge is 0.491 e. The number of carbonyl (C=O) groups excluding carboxylic acids is 2. The first kappa shape index (κ1) is 16.7. The summed E-state index contributed by atoms with van der Waals surface area (Å²) >= 11 is 0. The van der Waals surface area contributed by atoms with Crippen LogP contribution < -0.4 is 10.2 Å². The Hall–Kier alpha value is -2.12. The molecule has 1 saturated heterocycles. The van der Waals surface area contributed by atoms with Gasteiger partial charge in [0.1, 0.15) is 12.4 Å². The number of hydroxylamine groups is 1. The molecule has 7 heteroatoms. The maximum Gasteiger partial charge on any atom is 0.274 e. The van der Waals surface area contributed by atoms with E-state index in [1.807, 2.05) is 11.8 Å². The van der Waals surface area contributed by atoms with Gasteiger partial charge in [0.15, 0.2) is 0 Å². The minimum absolute atomic E-state index is 0.00203. The van der Waals surface area contributed by atoms with Crippen molar-refractivity contribution in [2.24, 2.45) is 5.92 Å². The molecule has 130 valence electrons. The van der Waals surface area contributed by atoms with E-state index < -0.39 is 5.91 Å². The summed E-state index contributed by atoms with van der Waals surface area (Å²) in [4.78, 5) is 26.3. The zero-order chi connectivity index (χ0) is 17.1. The van der Waals surface area contributed by atoms with Crippen molar-refractivity contribution < 1.29 is 24.3 Å². The highest BCUT2D eigenvalue weighted by atomic mass is 16.5. The average Bonchev–Trinajstić information content (AvgIpc) is 2.79. The molecule has 0 radical (unpaired) electrons. The van der Waals surface area contributed by atoms with Crippen LogP contribution in [-0.4, -0.2) is 48.3 Å². The van der Waals surface area contributed by atoms with Crippen molar-refractivity contribution in [1.82, 2.24) is 10.4 Å². The molecule has 0 saturated carbocycles. The summed E-state index contributed by atoms with van der Waals surface area (Å²) in [7, 11) is 0. The summed E-state index contributed by atoms with van der Waals surface area (Å²) in [5.41, 5.74) is 2.79. The number of carbonyl (C=O) groups is 2. The Morgan fingerprint density at radius 2 is 2.00 bits per heavy atom. The van der Waals surface area contributed by atoms with Gasteiger partial charge in [-0.25, -0.2) is 5.48 Å². The minimum Gasteiger partial charge on any atom is -0.491 e. The Morgan fingerprint density at radius 3 is 2.71 bits per heavy atom. The first-order valence-corrected chi connectivity index (χ1v) is 8.21. The summed E-state index contributed by atoms with van der Waals surface area (Å²) in [6.07, 6.45) is 1.51. The van der Waals surface area contributed by atoms with E-state index >= 15 is 0 Å². The molecule has 2 aliphatic heterocycles. The fourth-order valence-corrected chi connectivity index (χ4v) is 3.31. The molecule has 24 heavy (non-hydrogen) atoms. The van der Waals surface area contributed by atoms with Crippen LogP contribution in [0.15, 0.2) is 18.2 Å². The molecule has 0 aliphatic carbocycles. The van der Waals surface area contributed by atoms with Crippen molar-refractivity contribution >= 4 is 11.8 Å². The van der Waals surface area contributed by atoms with Crippen LogP contribution in [0.3, 0.4) is 0 Å².